The highest BCUT2D eigenvalue weighted by molar-refractivity contribution is 5.50. The third-order valence-corrected chi connectivity index (χ3v) is 4.45. The predicted molar refractivity (Wildman–Crippen MR) is 77.1 cm³/mol. The molecule has 1 heterocycles. The van der Waals surface area contributed by atoms with E-state index in [0.29, 0.717) is 12.1 Å². The molecule has 0 amide bonds. The third kappa shape index (κ3) is 2.39. The number of rotatable bonds is 3. The zero-order chi connectivity index (χ0) is 12.5. The molecule has 0 aromatic heterocycles. The number of benzene rings is 1. The lowest BCUT2D eigenvalue weighted by molar-refractivity contribution is 0.360. The first kappa shape index (κ1) is 12.0. The summed E-state index contributed by atoms with van der Waals surface area (Å²) >= 11 is 0. The topological polar surface area (TPSA) is 15.3 Å². The monoisotopic (exact) mass is 244 g/mol. The van der Waals surface area contributed by atoms with E-state index in [-0.39, 0.29) is 0 Å². The molecule has 1 aromatic carbocycles. The lowest BCUT2D eigenvalue weighted by Crippen LogP contribution is -2.57. The van der Waals surface area contributed by atoms with E-state index in [0.717, 1.165) is 12.5 Å². The molecule has 2 aliphatic rings. The maximum Gasteiger partial charge on any atom is 0.0412 e. The first-order valence-corrected chi connectivity index (χ1v) is 7.34. The van der Waals surface area contributed by atoms with E-state index >= 15 is 0 Å². The van der Waals surface area contributed by atoms with E-state index in [1.54, 1.807) is 0 Å². The molecule has 1 aliphatic heterocycles. The van der Waals surface area contributed by atoms with Gasteiger partial charge in [-0.2, -0.15) is 0 Å². The second kappa shape index (κ2) is 4.93. The van der Waals surface area contributed by atoms with Crippen molar-refractivity contribution in [1.29, 1.82) is 0 Å². The lowest BCUT2D eigenvalue weighted by Gasteiger charge is -2.42. The molecule has 1 saturated heterocycles. The summed E-state index contributed by atoms with van der Waals surface area (Å²) in [6.45, 7) is 6.82. The molecule has 2 atom stereocenters. The SMILES string of the molecule is CCC1CNC(C2CC2)CN1c1cccc(C)c1. The number of nitrogens with zero attached hydrogens (tertiary/aromatic N) is 1. The lowest BCUT2D eigenvalue weighted by atomic mass is 10.0. The summed E-state index contributed by atoms with van der Waals surface area (Å²) in [5, 5.41) is 3.75. The molecule has 2 fully saturated rings. The standard InChI is InChI=1S/C16H24N2/c1-3-14-10-17-16(13-7-8-13)11-18(14)15-6-4-5-12(2)9-15/h4-6,9,13-14,16-17H,3,7-8,10-11H2,1-2H3. The van der Waals surface area contributed by atoms with Gasteiger partial charge in [0, 0.05) is 30.9 Å². The van der Waals surface area contributed by atoms with Gasteiger partial charge in [0.25, 0.3) is 0 Å². The number of nitrogens with one attached hydrogen (secondary N) is 1. The van der Waals surface area contributed by atoms with Crippen molar-refractivity contribution < 1.29 is 0 Å². The van der Waals surface area contributed by atoms with Crippen molar-refractivity contribution in [2.24, 2.45) is 5.92 Å². The van der Waals surface area contributed by atoms with Gasteiger partial charge in [-0.3, -0.25) is 0 Å². The molecule has 18 heavy (non-hydrogen) atoms. The summed E-state index contributed by atoms with van der Waals surface area (Å²) in [5.74, 6) is 0.940. The van der Waals surface area contributed by atoms with Gasteiger partial charge in [0.05, 0.1) is 0 Å². The van der Waals surface area contributed by atoms with Gasteiger partial charge in [0.15, 0.2) is 0 Å². The van der Waals surface area contributed by atoms with Crippen LogP contribution < -0.4 is 10.2 Å². The first-order chi connectivity index (χ1) is 8.78. The van der Waals surface area contributed by atoms with Gasteiger partial charge in [-0.1, -0.05) is 19.1 Å². The average Bonchev–Trinajstić information content (AvgIpc) is 3.22. The zero-order valence-corrected chi connectivity index (χ0v) is 11.5. The van der Waals surface area contributed by atoms with Crippen LogP contribution in [0, 0.1) is 12.8 Å². The van der Waals surface area contributed by atoms with Gasteiger partial charge in [-0.25, -0.2) is 0 Å². The first-order valence-electron chi connectivity index (χ1n) is 7.34. The van der Waals surface area contributed by atoms with Crippen LogP contribution in [0.15, 0.2) is 24.3 Å². The van der Waals surface area contributed by atoms with Crippen molar-refractivity contribution in [3.8, 4) is 0 Å². The normalized spacial score (nSPS) is 28.4. The van der Waals surface area contributed by atoms with Crippen LogP contribution in [-0.4, -0.2) is 25.2 Å². The zero-order valence-electron chi connectivity index (χ0n) is 11.5. The van der Waals surface area contributed by atoms with Gasteiger partial charge in [0.2, 0.25) is 0 Å². The smallest absolute Gasteiger partial charge is 0.0412 e. The van der Waals surface area contributed by atoms with Crippen molar-refractivity contribution in [2.75, 3.05) is 18.0 Å². The molecule has 0 radical (unpaired) electrons. The van der Waals surface area contributed by atoms with Crippen LogP contribution in [0.4, 0.5) is 5.69 Å². The maximum absolute atomic E-state index is 3.75. The Balaban J connectivity index is 1.80. The Morgan fingerprint density at radius 1 is 1.33 bits per heavy atom. The van der Waals surface area contributed by atoms with Crippen molar-refractivity contribution in [3.05, 3.63) is 29.8 Å². The molecule has 1 saturated carbocycles. The summed E-state index contributed by atoms with van der Waals surface area (Å²) < 4.78 is 0. The molecule has 1 aromatic rings. The molecule has 0 spiro atoms. The Hall–Kier alpha value is -1.02. The van der Waals surface area contributed by atoms with Crippen molar-refractivity contribution in [2.45, 2.75) is 45.2 Å². The van der Waals surface area contributed by atoms with Crippen LogP contribution in [0.2, 0.25) is 0 Å². The molecule has 2 nitrogen and oxygen atoms in total. The van der Waals surface area contributed by atoms with Crippen LogP contribution in [0.25, 0.3) is 0 Å². The van der Waals surface area contributed by atoms with Gasteiger partial charge < -0.3 is 10.2 Å². The van der Waals surface area contributed by atoms with Crippen LogP contribution in [0.3, 0.4) is 0 Å². The van der Waals surface area contributed by atoms with Crippen molar-refractivity contribution in [3.63, 3.8) is 0 Å². The molecule has 2 heteroatoms. The highest BCUT2D eigenvalue weighted by Crippen LogP contribution is 2.35. The van der Waals surface area contributed by atoms with Crippen LogP contribution in [0.1, 0.15) is 31.7 Å². The van der Waals surface area contributed by atoms with E-state index in [1.165, 1.54) is 37.1 Å². The number of aryl methyl sites for hydroxylation is 1. The summed E-state index contributed by atoms with van der Waals surface area (Å²) in [5.41, 5.74) is 2.78. The van der Waals surface area contributed by atoms with Crippen LogP contribution in [0.5, 0.6) is 0 Å². The number of anilines is 1. The van der Waals surface area contributed by atoms with Gasteiger partial charge in [-0.05, 0) is 49.8 Å². The van der Waals surface area contributed by atoms with E-state index < -0.39 is 0 Å². The molecule has 98 valence electrons. The van der Waals surface area contributed by atoms with Gasteiger partial charge in [-0.15, -0.1) is 0 Å². The fourth-order valence-electron chi connectivity index (χ4n) is 3.13. The Labute approximate surface area is 110 Å². The Bertz CT molecular complexity index is 411. The fourth-order valence-corrected chi connectivity index (χ4v) is 3.13. The summed E-state index contributed by atoms with van der Waals surface area (Å²) in [6, 6.07) is 10.3. The summed E-state index contributed by atoms with van der Waals surface area (Å²) in [6.07, 6.45) is 4.07. The maximum atomic E-state index is 3.75. The predicted octanol–water partition coefficient (Wildman–Crippen LogP) is 2.96. The quantitative estimate of drug-likeness (QED) is 0.879. The van der Waals surface area contributed by atoms with E-state index in [4.69, 9.17) is 0 Å². The largest absolute Gasteiger partial charge is 0.366 e. The highest BCUT2D eigenvalue weighted by atomic mass is 15.2. The summed E-state index contributed by atoms with van der Waals surface area (Å²) in [7, 11) is 0. The van der Waals surface area contributed by atoms with Crippen molar-refractivity contribution >= 4 is 5.69 Å². The highest BCUT2D eigenvalue weighted by Gasteiger charge is 2.36. The van der Waals surface area contributed by atoms with Crippen molar-refractivity contribution in [1.82, 2.24) is 5.32 Å². The Morgan fingerprint density at radius 3 is 2.83 bits per heavy atom. The fraction of sp³-hybridized carbons (Fsp3) is 0.625. The van der Waals surface area contributed by atoms with Gasteiger partial charge in [0.1, 0.15) is 0 Å². The number of hydrogen-bond donors (Lipinski definition) is 1. The molecular formula is C16H24N2. The minimum atomic E-state index is 0.654. The third-order valence-electron chi connectivity index (χ3n) is 4.45. The molecule has 3 rings (SSSR count). The number of hydrogen-bond acceptors (Lipinski definition) is 2. The Kier molecular flexibility index (Phi) is 3.29. The summed E-state index contributed by atoms with van der Waals surface area (Å²) in [4.78, 5) is 2.63. The second-order valence-corrected chi connectivity index (χ2v) is 5.91. The molecule has 1 aliphatic carbocycles. The van der Waals surface area contributed by atoms with Crippen LogP contribution >= 0.6 is 0 Å². The minimum absolute atomic E-state index is 0.654. The second-order valence-electron chi connectivity index (χ2n) is 5.91. The van der Waals surface area contributed by atoms with E-state index in [2.05, 4.69) is 48.3 Å². The molecule has 2 unspecified atom stereocenters. The van der Waals surface area contributed by atoms with E-state index in [1.807, 2.05) is 0 Å². The van der Waals surface area contributed by atoms with Gasteiger partial charge >= 0.3 is 0 Å². The Morgan fingerprint density at radius 2 is 2.17 bits per heavy atom. The molecular weight excluding hydrogens is 220 g/mol. The average molecular weight is 244 g/mol. The number of piperazine rings is 1. The molecule has 1 N–H and O–H groups in total. The van der Waals surface area contributed by atoms with E-state index in [9.17, 15) is 0 Å². The molecule has 0 bridgehead atoms. The van der Waals surface area contributed by atoms with Crippen LogP contribution in [-0.2, 0) is 0 Å². The minimum Gasteiger partial charge on any atom is -0.366 e.